The van der Waals surface area contributed by atoms with Gasteiger partial charge in [0, 0.05) is 17.1 Å². The van der Waals surface area contributed by atoms with Crippen LogP contribution in [0.5, 0.6) is 0 Å². The van der Waals surface area contributed by atoms with E-state index in [9.17, 15) is 4.79 Å². The van der Waals surface area contributed by atoms with Crippen molar-refractivity contribution in [3.05, 3.63) is 65.2 Å². The van der Waals surface area contributed by atoms with Crippen molar-refractivity contribution >= 4 is 28.3 Å². The lowest BCUT2D eigenvalue weighted by atomic mass is 10.1. The largest absolute Gasteiger partial charge is 0.349 e. The molecule has 4 rings (SSSR count). The predicted molar refractivity (Wildman–Crippen MR) is 120 cm³/mol. The first-order chi connectivity index (χ1) is 14.1. The Labute approximate surface area is 172 Å². The number of carbonyl (C=O) groups excluding carboxylic acids is 1. The molecule has 1 amide bonds. The van der Waals surface area contributed by atoms with Gasteiger partial charge >= 0.3 is 0 Å². The van der Waals surface area contributed by atoms with Crippen molar-refractivity contribution in [3.8, 4) is 0 Å². The van der Waals surface area contributed by atoms with Crippen molar-refractivity contribution in [3.63, 3.8) is 0 Å². The van der Waals surface area contributed by atoms with Crippen LogP contribution in [0.4, 0.5) is 11.5 Å². The second kappa shape index (κ2) is 8.64. The number of nitrogens with zero attached hydrogens (tertiary/aromatic N) is 1. The Bertz CT molecular complexity index is 1000. The molecule has 2 aromatic carbocycles. The summed E-state index contributed by atoms with van der Waals surface area (Å²) in [6.07, 6.45) is 7.08. The average Bonchev–Trinajstić information content (AvgIpc) is 2.95. The molecule has 1 fully saturated rings. The number of anilines is 2. The molecule has 3 aromatic rings. The van der Waals surface area contributed by atoms with Gasteiger partial charge in [-0.05, 0) is 62.1 Å². The summed E-state index contributed by atoms with van der Waals surface area (Å²) >= 11 is 0. The van der Waals surface area contributed by atoms with Crippen molar-refractivity contribution in [2.75, 3.05) is 5.32 Å². The van der Waals surface area contributed by atoms with Gasteiger partial charge in [0.2, 0.25) is 0 Å². The summed E-state index contributed by atoms with van der Waals surface area (Å²) in [7, 11) is 0. The molecule has 1 heterocycles. The van der Waals surface area contributed by atoms with Crippen molar-refractivity contribution in [2.45, 2.75) is 58.4 Å². The van der Waals surface area contributed by atoms with Gasteiger partial charge < -0.3 is 10.6 Å². The third-order valence-corrected chi connectivity index (χ3v) is 5.65. The van der Waals surface area contributed by atoms with E-state index in [-0.39, 0.29) is 11.9 Å². The molecule has 0 atom stereocenters. The molecule has 4 heteroatoms. The number of pyridine rings is 1. The van der Waals surface area contributed by atoms with Crippen LogP contribution in [0, 0.1) is 13.8 Å². The minimum absolute atomic E-state index is 0.000951. The van der Waals surface area contributed by atoms with Gasteiger partial charge in [-0.25, -0.2) is 4.98 Å². The first-order valence-corrected chi connectivity index (χ1v) is 10.6. The first kappa shape index (κ1) is 19.4. The molecule has 0 bridgehead atoms. The minimum Gasteiger partial charge on any atom is -0.349 e. The second-order valence-corrected chi connectivity index (χ2v) is 8.24. The van der Waals surface area contributed by atoms with Crippen LogP contribution in [-0.2, 0) is 0 Å². The zero-order valence-electron chi connectivity index (χ0n) is 17.3. The van der Waals surface area contributed by atoms with Crippen molar-refractivity contribution in [1.82, 2.24) is 10.3 Å². The monoisotopic (exact) mass is 387 g/mol. The maximum Gasteiger partial charge on any atom is 0.252 e. The maximum atomic E-state index is 13.2. The smallest absolute Gasteiger partial charge is 0.252 e. The number of benzene rings is 2. The van der Waals surface area contributed by atoms with Crippen LogP contribution in [0.1, 0.15) is 60.0 Å². The number of aryl methyl sites for hydroxylation is 2. The van der Waals surface area contributed by atoms with Crippen molar-refractivity contribution in [2.24, 2.45) is 0 Å². The molecule has 0 aliphatic heterocycles. The van der Waals surface area contributed by atoms with Crippen LogP contribution < -0.4 is 10.6 Å². The Morgan fingerprint density at radius 2 is 1.62 bits per heavy atom. The second-order valence-electron chi connectivity index (χ2n) is 8.24. The molecule has 1 aliphatic carbocycles. The van der Waals surface area contributed by atoms with Crippen molar-refractivity contribution in [1.29, 1.82) is 0 Å². The Kier molecular flexibility index (Phi) is 5.79. The molecule has 29 heavy (non-hydrogen) atoms. The Morgan fingerprint density at radius 1 is 0.931 bits per heavy atom. The van der Waals surface area contributed by atoms with E-state index < -0.39 is 0 Å². The Morgan fingerprint density at radius 3 is 2.34 bits per heavy atom. The van der Waals surface area contributed by atoms with Crippen LogP contribution >= 0.6 is 0 Å². The molecule has 0 saturated heterocycles. The predicted octanol–water partition coefficient (Wildman–Crippen LogP) is 6.05. The van der Waals surface area contributed by atoms with Gasteiger partial charge in [-0.2, -0.15) is 0 Å². The van der Waals surface area contributed by atoms with E-state index in [0.29, 0.717) is 11.4 Å². The molecule has 2 N–H and O–H groups in total. The highest BCUT2D eigenvalue weighted by molar-refractivity contribution is 6.07. The Hall–Kier alpha value is -2.88. The number of para-hydroxylation sites is 1. The number of hydrogen-bond acceptors (Lipinski definition) is 3. The number of fused-ring (bicyclic) bond motifs is 1. The van der Waals surface area contributed by atoms with Crippen LogP contribution in [0.3, 0.4) is 0 Å². The van der Waals surface area contributed by atoms with E-state index in [0.717, 1.165) is 29.4 Å². The van der Waals surface area contributed by atoms with E-state index in [1.807, 2.05) is 30.3 Å². The van der Waals surface area contributed by atoms with E-state index >= 15 is 0 Å². The maximum absolute atomic E-state index is 13.2. The molecule has 1 aromatic heterocycles. The van der Waals surface area contributed by atoms with Gasteiger partial charge in [0.05, 0.1) is 11.1 Å². The quantitative estimate of drug-likeness (QED) is 0.536. The number of aromatic nitrogens is 1. The number of amides is 1. The summed E-state index contributed by atoms with van der Waals surface area (Å²) in [5, 5.41) is 7.57. The molecule has 1 saturated carbocycles. The van der Waals surface area contributed by atoms with Gasteiger partial charge in [-0.3, -0.25) is 4.79 Å². The molecule has 1 aliphatic rings. The van der Waals surface area contributed by atoms with E-state index in [1.165, 1.54) is 36.8 Å². The molecule has 150 valence electrons. The number of rotatable bonds is 4. The van der Waals surface area contributed by atoms with Crippen molar-refractivity contribution < 1.29 is 4.79 Å². The molecule has 0 spiro atoms. The third kappa shape index (κ3) is 4.76. The summed E-state index contributed by atoms with van der Waals surface area (Å²) in [6, 6.07) is 16.3. The summed E-state index contributed by atoms with van der Waals surface area (Å²) < 4.78 is 0. The van der Waals surface area contributed by atoms with Gasteiger partial charge in [0.1, 0.15) is 5.82 Å². The lowest BCUT2D eigenvalue weighted by molar-refractivity contribution is 0.0935. The van der Waals surface area contributed by atoms with Gasteiger partial charge in [0.15, 0.2) is 0 Å². The molecular weight excluding hydrogens is 358 g/mol. The molecule has 0 unspecified atom stereocenters. The highest BCUT2D eigenvalue weighted by Gasteiger charge is 2.18. The Balaban J connectivity index is 1.65. The molecule has 0 radical (unpaired) electrons. The van der Waals surface area contributed by atoms with E-state index in [4.69, 9.17) is 4.98 Å². The SMILES string of the molecule is Cc1cc(C)cc(Nc2cc(C(=O)NC3CCCCCC3)c3ccccc3n2)c1. The third-order valence-electron chi connectivity index (χ3n) is 5.65. The fourth-order valence-electron chi connectivity index (χ4n) is 4.31. The summed E-state index contributed by atoms with van der Waals surface area (Å²) in [6.45, 7) is 4.16. The minimum atomic E-state index is -0.000951. The highest BCUT2D eigenvalue weighted by atomic mass is 16.1. The van der Waals surface area contributed by atoms with Gasteiger partial charge in [0.25, 0.3) is 5.91 Å². The summed E-state index contributed by atoms with van der Waals surface area (Å²) in [5.74, 6) is 0.693. The van der Waals surface area contributed by atoms with E-state index in [1.54, 1.807) is 0 Å². The number of nitrogens with one attached hydrogen (secondary N) is 2. The highest BCUT2D eigenvalue weighted by Crippen LogP contribution is 2.25. The lowest BCUT2D eigenvalue weighted by Gasteiger charge is -2.18. The molecular formula is C25H29N3O. The lowest BCUT2D eigenvalue weighted by Crippen LogP contribution is -2.34. The zero-order valence-corrected chi connectivity index (χ0v) is 17.3. The standard InChI is InChI=1S/C25H29N3O/c1-17-13-18(2)15-20(14-17)26-24-16-22(21-11-7-8-12-23(21)28-24)25(29)27-19-9-5-3-4-6-10-19/h7-8,11-16,19H,3-6,9-10H2,1-2H3,(H,26,28)(H,27,29). The topological polar surface area (TPSA) is 54.0 Å². The molecule has 4 nitrogen and oxygen atoms in total. The van der Waals surface area contributed by atoms with Gasteiger partial charge in [-0.1, -0.05) is 49.9 Å². The normalized spacial score (nSPS) is 15.1. The van der Waals surface area contributed by atoms with Crippen LogP contribution in [-0.4, -0.2) is 16.9 Å². The van der Waals surface area contributed by atoms with Gasteiger partial charge in [-0.15, -0.1) is 0 Å². The summed E-state index contributed by atoms with van der Waals surface area (Å²) in [4.78, 5) is 17.9. The first-order valence-electron chi connectivity index (χ1n) is 10.6. The average molecular weight is 388 g/mol. The fraction of sp³-hybridized carbons (Fsp3) is 0.360. The van der Waals surface area contributed by atoms with Crippen LogP contribution in [0.25, 0.3) is 10.9 Å². The zero-order chi connectivity index (χ0) is 20.2. The van der Waals surface area contributed by atoms with Crippen LogP contribution in [0.2, 0.25) is 0 Å². The fourth-order valence-corrected chi connectivity index (χ4v) is 4.31. The summed E-state index contributed by atoms with van der Waals surface area (Å²) in [5.41, 5.74) is 4.89. The number of carbonyl (C=O) groups is 1. The van der Waals surface area contributed by atoms with E-state index in [2.05, 4.69) is 42.7 Å². The number of hydrogen-bond donors (Lipinski definition) is 2. The van der Waals surface area contributed by atoms with Crippen LogP contribution in [0.15, 0.2) is 48.5 Å².